The number of carbonyl (C=O) groups is 2. The maximum atomic E-state index is 13.4. The summed E-state index contributed by atoms with van der Waals surface area (Å²) in [4.78, 5) is 25.4. The van der Waals surface area contributed by atoms with Gasteiger partial charge in [-0.1, -0.05) is 30.3 Å². The zero-order chi connectivity index (χ0) is 18.2. The quantitative estimate of drug-likeness (QED) is 0.723. The maximum absolute atomic E-state index is 13.4. The van der Waals surface area contributed by atoms with E-state index in [0.29, 0.717) is 13.0 Å². The number of halogens is 2. The average molecular weight is 347 g/mol. The molecule has 2 aromatic carbocycles. The van der Waals surface area contributed by atoms with E-state index in [4.69, 9.17) is 0 Å². The van der Waals surface area contributed by atoms with E-state index in [1.807, 2.05) is 30.3 Å². The van der Waals surface area contributed by atoms with Crippen LogP contribution in [0.4, 0.5) is 8.78 Å². The van der Waals surface area contributed by atoms with Crippen molar-refractivity contribution in [3.63, 3.8) is 0 Å². The highest BCUT2D eigenvalue weighted by Crippen LogP contribution is 2.13. The van der Waals surface area contributed by atoms with Crippen molar-refractivity contribution in [3.8, 4) is 0 Å². The Morgan fingerprint density at radius 1 is 1.00 bits per heavy atom. The predicted molar refractivity (Wildman–Crippen MR) is 89.0 cm³/mol. The van der Waals surface area contributed by atoms with Crippen molar-refractivity contribution in [3.05, 3.63) is 71.3 Å². The van der Waals surface area contributed by atoms with E-state index in [-0.39, 0.29) is 18.5 Å². The molecule has 0 aliphatic carbocycles. The van der Waals surface area contributed by atoms with Gasteiger partial charge in [-0.25, -0.2) is 8.78 Å². The highest BCUT2D eigenvalue weighted by molar-refractivity contribution is 5.94. The van der Waals surface area contributed by atoms with Crippen LogP contribution in [0.5, 0.6) is 0 Å². The number of methoxy groups -OCH3 is 1. The SMILES string of the molecule is COC(=O)CCN(CCc1ccccc1)C(=O)c1ccc(F)c(F)c1. The highest BCUT2D eigenvalue weighted by Gasteiger charge is 2.18. The molecule has 0 heterocycles. The minimum Gasteiger partial charge on any atom is -0.469 e. The largest absolute Gasteiger partial charge is 0.469 e. The van der Waals surface area contributed by atoms with Crippen molar-refractivity contribution in [2.75, 3.05) is 20.2 Å². The molecule has 0 saturated heterocycles. The van der Waals surface area contributed by atoms with Crippen LogP contribution < -0.4 is 0 Å². The van der Waals surface area contributed by atoms with E-state index in [1.54, 1.807) is 0 Å². The number of amides is 1. The van der Waals surface area contributed by atoms with E-state index in [2.05, 4.69) is 4.74 Å². The maximum Gasteiger partial charge on any atom is 0.307 e. The minimum absolute atomic E-state index is 0.0285. The molecular weight excluding hydrogens is 328 g/mol. The van der Waals surface area contributed by atoms with Crippen LogP contribution in [-0.4, -0.2) is 37.0 Å². The molecule has 0 atom stereocenters. The Hall–Kier alpha value is -2.76. The van der Waals surface area contributed by atoms with Crippen LogP contribution in [-0.2, 0) is 16.0 Å². The van der Waals surface area contributed by atoms with Gasteiger partial charge in [0, 0.05) is 18.7 Å². The minimum atomic E-state index is -1.08. The molecule has 2 rings (SSSR count). The van der Waals surface area contributed by atoms with Gasteiger partial charge in [0.05, 0.1) is 13.5 Å². The summed E-state index contributed by atoms with van der Waals surface area (Å²) in [5.41, 5.74) is 1.07. The molecule has 25 heavy (non-hydrogen) atoms. The highest BCUT2D eigenvalue weighted by atomic mass is 19.2. The van der Waals surface area contributed by atoms with Crippen LogP contribution in [0.15, 0.2) is 48.5 Å². The fraction of sp³-hybridized carbons (Fsp3) is 0.263. The van der Waals surface area contributed by atoms with E-state index in [9.17, 15) is 18.4 Å². The molecule has 0 aromatic heterocycles. The van der Waals surface area contributed by atoms with Crippen LogP contribution in [0.3, 0.4) is 0 Å². The summed E-state index contributed by atoms with van der Waals surface area (Å²) >= 11 is 0. The van der Waals surface area contributed by atoms with Crippen LogP contribution in [0, 0.1) is 11.6 Å². The van der Waals surface area contributed by atoms with Crippen molar-refractivity contribution in [1.29, 1.82) is 0 Å². The van der Waals surface area contributed by atoms with Gasteiger partial charge in [0.15, 0.2) is 11.6 Å². The first-order valence-electron chi connectivity index (χ1n) is 7.86. The molecule has 1 amide bonds. The molecule has 0 unspecified atom stereocenters. The van der Waals surface area contributed by atoms with Gasteiger partial charge < -0.3 is 9.64 Å². The number of hydrogen-bond acceptors (Lipinski definition) is 3. The Kier molecular flexibility index (Phi) is 6.62. The summed E-state index contributed by atoms with van der Waals surface area (Å²) < 4.78 is 31.1. The van der Waals surface area contributed by atoms with Crippen LogP contribution in [0.1, 0.15) is 22.3 Å². The van der Waals surface area contributed by atoms with Crippen LogP contribution in [0.2, 0.25) is 0 Å². The fourth-order valence-electron chi connectivity index (χ4n) is 2.36. The van der Waals surface area contributed by atoms with Gasteiger partial charge in [0.1, 0.15) is 0 Å². The number of carbonyl (C=O) groups excluding carboxylic acids is 2. The summed E-state index contributed by atoms with van der Waals surface area (Å²) in [6.45, 7) is 0.482. The second-order valence-corrected chi connectivity index (χ2v) is 5.48. The topological polar surface area (TPSA) is 46.6 Å². The van der Waals surface area contributed by atoms with Crippen molar-refractivity contribution in [2.45, 2.75) is 12.8 Å². The number of esters is 1. The summed E-state index contributed by atoms with van der Waals surface area (Å²) in [5.74, 6) is -3.00. The summed E-state index contributed by atoms with van der Waals surface area (Å²) in [7, 11) is 1.27. The Morgan fingerprint density at radius 2 is 1.72 bits per heavy atom. The van der Waals surface area contributed by atoms with E-state index < -0.39 is 23.5 Å². The van der Waals surface area contributed by atoms with Gasteiger partial charge in [-0.3, -0.25) is 9.59 Å². The number of ether oxygens (including phenoxy) is 1. The number of rotatable bonds is 7. The lowest BCUT2D eigenvalue weighted by atomic mass is 10.1. The standard InChI is InChI=1S/C19H19F2NO3/c1-25-18(23)10-12-22(11-9-14-5-3-2-4-6-14)19(24)15-7-8-16(20)17(21)13-15/h2-8,13H,9-12H2,1H3. The fourth-order valence-corrected chi connectivity index (χ4v) is 2.36. The molecule has 0 fully saturated rings. The molecule has 4 nitrogen and oxygen atoms in total. The predicted octanol–water partition coefficient (Wildman–Crippen LogP) is 3.21. The Bertz CT molecular complexity index is 735. The first kappa shape index (κ1) is 18.6. The lowest BCUT2D eigenvalue weighted by molar-refractivity contribution is -0.140. The first-order chi connectivity index (χ1) is 12.0. The monoisotopic (exact) mass is 347 g/mol. The lowest BCUT2D eigenvalue weighted by Gasteiger charge is -2.22. The Morgan fingerprint density at radius 3 is 2.36 bits per heavy atom. The smallest absolute Gasteiger partial charge is 0.307 e. The van der Waals surface area contributed by atoms with Gasteiger partial charge in [-0.15, -0.1) is 0 Å². The molecule has 2 aromatic rings. The van der Waals surface area contributed by atoms with E-state index in [0.717, 1.165) is 17.7 Å². The van der Waals surface area contributed by atoms with Gasteiger partial charge in [-0.05, 0) is 30.2 Å². The molecule has 0 N–H and O–H groups in total. The zero-order valence-corrected chi connectivity index (χ0v) is 13.9. The molecule has 0 bridgehead atoms. The van der Waals surface area contributed by atoms with Gasteiger partial charge >= 0.3 is 5.97 Å². The Balaban J connectivity index is 2.12. The molecule has 6 heteroatoms. The van der Waals surface area contributed by atoms with E-state index in [1.165, 1.54) is 18.1 Å². The lowest BCUT2D eigenvalue weighted by Crippen LogP contribution is -2.35. The van der Waals surface area contributed by atoms with Gasteiger partial charge in [0.2, 0.25) is 0 Å². The summed E-state index contributed by atoms with van der Waals surface area (Å²) in [5, 5.41) is 0. The third-order valence-corrected chi connectivity index (χ3v) is 3.78. The number of nitrogens with zero attached hydrogens (tertiary/aromatic N) is 1. The molecule has 0 aliphatic heterocycles. The molecule has 0 aliphatic rings. The third kappa shape index (κ3) is 5.38. The number of hydrogen-bond donors (Lipinski definition) is 0. The van der Waals surface area contributed by atoms with Crippen molar-refractivity contribution < 1.29 is 23.1 Å². The van der Waals surface area contributed by atoms with Gasteiger partial charge in [-0.2, -0.15) is 0 Å². The molecule has 0 radical (unpaired) electrons. The molecular formula is C19H19F2NO3. The molecule has 0 saturated carbocycles. The second kappa shape index (κ2) is 8.92. The van der Waals surface area contributed by atoms with E-state index >= 15 is 0 Å². The Labute approximate surface area is 145 Å². The van der Waals surface area contributed by atoms with Crippen molar-refractivity contribution in [2.24, 2.45) is 0 Å². The average Bonchev–Trinajstić information content (AvgIpc) is 2.64. The normalized spacial score (nSPS) is 10.4. The van der Waals surface area contributed by atoms with Crippen LogP contribution >= 0.6 is 0 Å². The van der Waals surface area contributed by atoms with Crippen molar-refractivity contribution in [1.82, 2.24) is 4.90 Å². The first-order valence-corrected chi connectivity index (χ1v) is 7.86. The molecule has 132 valence electrons. The zero-order valence-electron chi connectivity index (χ0n) is 13.9. The van der Waals surface area contributed by atoms with Crippen LogP contribution in [0.25, 0.3) is 0 Å². The number of benzene rings is 2. The second-order valence-electron chi connectivity index (χ2n) is 5.48. The van der Waals surface area contributed by atoms with Crippen molar-refractivity contribution >= 4 is 11.9 Å². The summed E-state index contributed by atoms with van der Waals surface area (Å²) in [6, 6.07) is 12.6. The van der Waals surface area contributed by atoms with Gasteiger partial charge in [0.25, 0.3) is 5.91 Å². The molecule has 0 spiro atoms. The summed E-state index contributed by atoms with van der Waals surface area (Å²) in [6.07, 6.45) is 0.609. The third-order valence-electron chi connectivity index (χ3n) is 3.78.